The number of rotatable bonds is 7. The van der Waals surface area contributed by atoms with E-state index in [1.54, 1.807) is 49.4 Å². The molecule has 0 aliphatic rings. The molecule has 0 aromatic heterocycles. The van der Waals surface area contributed by atoms with Gasteiger partial charge in [-0.1, -0.05) is 42.5 Å². The van der Waals surface area contributed by atoms with Crippen LogP contribution in [0.1, 0.15) is 16.7 Å². The number of nitrogens with one attached hydrogen (secondary N) is 6. The van der Waals surface area contributed by atoms with E-state index in [1.165, 1.54) is 7.11 Å². The molecule has 0 aliphatic heterocycles. The highest BCUT2D eigenvalue weighted by atomic mass is 19.2. The van der Waals surface area contributed by atoms with E-state index >= 15 is 0 Å². The van der Waals surface area contributed by atoms with E-state index < -0.39 is 70.2 Å². The first-order valence-electron chi connectivity index (χ1n) is 17.9. The number of urea groups is 3. The minimum absolute atomic E-state index is 0.337. The molecule has 0 spiro atoms. The maximum Gasteiger partial charge on any atom is 0.323 e. The molecule has 0 radical (unpaired) electrons. The summed E-state index contributed by atoms with van der Waals surface area (Å²) in [6, 6.07) is 20.9. The van der Waals surface area contributed by atoms with Crippen LogP contribution in [0.25, 0.3) is 0 Å². The summed E-state index contributed by atoms with van der Waals surface area (Å²) in [5, 5.41) is 42.4. The third kappa shape index (κ3) is 13.2. The third-order valence-corrected chi connectivity index (χ3v) is 8.27. The van der Waals surface area contributed by atoms with Crippen molar-refractivity contribution in [2.24, 2.45) is 0 Å². The number of halogens is 6. The second-order valence-electron chi connectivity index (χ2n) is 12.9. The Labute approximate surface area is 350 Å². The quantitative estimate of drug-likeness (QED) is 0.0563. The normalized spacial score (nSPS) is 10.2. The summed E-state index contributed by atoms with van der Waals surface area (Å²) >= 11 is 0. The van der Waals surface area contributed by atoms with Gasteiger partial charge in [0.2, 0.25) is 0 Å². The average molecular weight is 865 g/mol. The van der Waals surface area contributed by atoms with Gasteiger partial charge in [-0.15, -0.1) is 0 Å². The summed E-state index contributed by atoms with van der Waals surface area (Å²) in [5.41, 5.74) is 3.06. The lowest BCUT2D eigenvalue weighted by Gasteiger charge is -2.13. The number of benzene rings is 6. The summed E-state index contributed by atoms with van der Waals surface area (Å²) in [6.07, 6.45) is 0. The van der Waals surface area contributed by atoms with Crippen molar-refractivity contribution >= 4 is 52.2 Å². The van der Waals surface area contributed by atoms with Crippen LogP contribution in [-0.4, -0.2) is 40.5 Å². The summed E-state index contributed by atoms with van der Waals surface area (Å²) in [5.74, 6) is -8.08. The molecule has 324 valence electrons. The Morgan fingerprint density at radius 2 is 0.839 bits per heavy atom. The zero-order valence-corrected chi connectivity index (χ0v) is 33.1. The SMILES string of the molecule is COc1cccc(NC(=O)Nc2cc(F)cc(F)c2O)c1.Cc1cccc(C)c1NC(=O)Nc1cc(F)cc(F)c1O.Cc1ccccc1NC(=O)Nc1cc(F)cc(F)c1O. The van der Waals surface area contributed by atoms with E-state index in [0.717, 1.165) is 34.9 Å². The largest absolute Gasteiger partial charge is 0.503 e. The minimum Gasteiger partial charge on any atom is -0.503 e. The van der Waals surface area contributed by atoms with Gasteiger partial charge >= 0.3 is 18.1 Å². The van der Waals surface area contributed by atoms with E-state index in [2.05, 4.69) is 31.9 Å². The van der Waals surface area contributed by atoms with Crippen LogP contribution in [0.4, 0.5) is 74.9 Å². The van der Waals surface area contributed by atoms with E-state index in [0.29, 0.717) is 41.0 Å². The van der Waals surface area contributed by atoms with Crippen molar-refractivity contribution < 1.29 is 60.8 Å². The lowest BCUT2D eigenvalue weighted by atomic mass is 10.1. The van der Waals surface area contributed by atoms with Crippen molar-refractivity contribution in [1.29, 1.82) is 0 Å². The molecule has 6 rings (SSSR count). The lowest BCUT2D eigenvalue weighted by molar-refractivity contribution is 0.261. The van der Waals surface area contributed by atoms with Crippen LogP contribution < -0.4 is 36.6 Å². The third-order valence-electron chi connectivity index (χ3n) is 8.27. The van der Waals surface area contributed by atoms with Crippen LogP contribution in [-0.2, 0) is 0 Å². The number of phenolic OH excluding ortho intramolecular Hbond substituents is 3. The second kappa shape index (κ2) is 21.3. The highest BCUT2D eigenvalue weighted by Gasteiger charge is 2.16. The molecule has 9 N–H and O–H groups in total. The van der Waals surface area contributed by atoms with Gasteiger partial charge in [0, 0.05) is 59.5 Å². The number of aryl methyl sites for hydroxylation is 3. The topological polar surface area (TPSA) is 193 Å². The van der Waals surface area contributed by atoms with E-state index in [4.69, 9.17) is 4.74 Å². The predicted molar refractivity (Wildman–Crippen MR) is 222 cm³/mol. The van der Waals surface area contributed by atoms with Crippen LogP contribution in [0.3, 0.4) is 0 Å². The number of carbonyl (C=O) groups excluding carboxylic acids is 3. The van der Waals surface area contributed by atoms with Gasteiger partial charge in [0.15, 0.2) is 34.7 Å². The lowest BCUT2D eigenvalue weighted by Crippen LogP contribution is -2.21. The molecule has 6 aromatic rings. The molecule has 0 fully saturated rings. The van der Waals surface area contributed by atoms with Crippen LogP contribution in [0.15, 0.2) is 103 Å². The number of amides is 6. The fraction of sp³-hybridized carbons (Fsp3) is 0.0930. The number of hydrogen-bond donors (Lipinski definition) is 9. The maximum atomic E-state index is 13.2. The molecule has 0 saturated carbocycles. The van der Waals surface area contributed by atoms with Gasteiger partial charge in [-0.3, -0.25) is 0 Å². The first-order chi connectivity index (χ1) is 29.3. The summed E-state index contributed by atoms with van der Waals surface area (Å²) in [4.78, 5) is 35.4. The van der Waals surface area contributed by atoms with Crippen LogP contribution in [0.2, 0.25) is 0 Å². The Morgan fingerprint density at radius 3 is 1.29 bits per heavy atom. The molecule has 6 amide bonds. The zero-order chi connectivity index (χ0) is 45.7. The van der Waals surface area contributed by atoms with Crippen LogP contribution in [0, 0.1) is 55.7 Å². The average Bonchev–Trinajstić information content (AvgIpc) is 3.20. The van der Waals surface area contributed by atoms with Crippen molar-refractivity contribution in [1.82, 2.24) is 0 Å². The molecule has 0 unspecified atom stereocenters. The predicted octanol–water partition coefficient (Wildman–Crippen LogP) is 10.9. The molecule has 13 nitrogen and oxygen atoms in total. The Morgan fingerprint density at radius 1 is 0.452 bits per heavy atom. The molecule has 0 bridgehead atoms. The molecule has 0 heterocycles. The van der Waals surface area contributed by atoms with Gasteiger partial charge in [0.1, 0.15) is 23.2 Å². The molecule has 62 heavy (non-hydrogen) atoms. The number of carbonyl (C=O) groups is 3. The molecular weight excluding hydrogens is 826 g/mol. The highest BCUT2D eigenvalue weighted by Crippen LogP contribution is 2.30. The highest BCUT2D eigenvalue weighted by molar-refractivity contribution is 6.02. The summed E-state index contributed by atoms with van der Waals surface area (Å²) in [6.45, 7) is 5.44. The van der Waals surface area contributed by atoms with E-state index in [1.807, 2.05) is 38.1 Å². The molecule has 0 saturated heterocycles. The first-order valence-corrected chi connectivity index (χ1v) is 17.9. The Hall–Kier alpha value is -8.09. The first kappa shape index (κ1) is 46.6. The minimum atomic E-state index is -1.16. The summed E-state index contributed by atoms with van der Waals surface area (Å²) in [7, 11) is 1.48. The Balaban J connectivity index is 0.000000205. The number of anilines is 6. The maximum absolute atomic E-state index is 13.2. The second-order valence-corrected chi connectivity index (χ2v) is 12.9. The van der Waals surface area contributed by atoms with E-state index in [9.17, 15) is 56.0 Å². The van der Waals surface area contributed by atoms with Crippen LogP contribution >= 0.6 is 0 Å². The van der Waals surface area contributed by atoms with Crippen molar-refractivity contribution in [3.8, 4) is 23.0 Å². The van der Waals surface area contributed by atoms with E-state index in [-0.39, 0.29) is 17.1 Å². The van der Waals surface area contributed by atoms with Crippen LogP contribution in [0.5, 0.6) is 23.0 Å². The van der Waals surface area contributed by atoms with Gasteiger partial charge < -0.3 is 52.0 Å². The molecular formula is C43H38F6N6O7. The number of methoxy groups -OCH3 is 1. The fourth-order valence-corrected chi connectivity index (χ4v) is 5.24. The zero-order valence-electron chi connectivity index (χ0n) is 33.1. The summed E-state index contributed by atoms with van der Waals surface area (Å²) < 4.78 is 83.6. The number of hydrogen-bond acceptors (Lipinski definition) is 7. The molecule has 19 heteroatoms. The monoisotopic (exact) mass is 864 g/mol. The van der Waals surface area contributed by atoms with Crippen molar-refractivity contribution in [3.05, 3.63) is 155 Å². The Kier molecular flexibility index (Phi) is 16.0. The number of ether oxygens (including phenoxy) is 1. The number of para-hydroxylation sites is 2. The van der Waals surface area contributed by atoms with Gasteiger partial charge in [0.25, 0.3) is 0 Å². The number of phenols is 3. The van der Waals surface area contributed by atoms with Gasteiger partial charge in [0.05, 0.1) is 24.2 Å². The van der Waals surface area contributed by atoms with Gasteiger partial charge in [-0.25, -0.2) is 40.7 Å². The molecule has 0 atom stereocenters. The molecule has 6 aromatic carbocycles. The fourth-order valence-electron chi connectivity index (χ4n) is 5.24. The van der Waals surface area contributed by atoms with Gasteiger partial charge in [-0.05, 0) is 55.7 Å². The number of aromatic hydroxyl groups is 3. The standard InChI is InChI=1S/C15H14F2N2O2.C14H12F2N2O3.C14H12F2N2O2/c1-8-4-3-5-9(2)13(8)19-15(21)18-12-7-10(16)6-11(17)14(12)20;1-21-10-4-2-3-9(7-10)17-14(20)18-12-6-8(15)5-11(16)13(12)19;1-8-4-2-3-5-11(8)17-14(20)18-12-7-9(15)6-10(16)13(12)19/h3-7,20H,1-2H3,(H2,18,19,21);2-7,19H,1H3,(H2,17,18,20);2-7,19H,1H3,(H2,17,18,20). The van der Waals surface area contributed by atoms with Crippen molar-refractivity contribution in [3.63, 3.8) is 0 Å². The smallest absolute Gasteiger partial charge is 0.323 e. The molecule has 0 aliphatic carbocycles. The van der Waals surface area contributed by atoms with Gasteiger partial charge in [-0.2, -0.15) is 0 Å². The van der Waals surface area contributed by atoms with Crippen molar-refractivity contribution in [2.45, 2.75) is 20.8 Å². The Bertz CT molecular complexity index is 2580. The van der Waals surface area contributed by atoms with Crippen molar-refractivity contribution in [2.75, 3.05) is 39.0 Å².